The molecular weight excluding hydrogens is 303 g/mol. The minimum absolute atomic E-state index is 0.250. The van der Waals surface area contributed by atoms with Crippen LogP contribution in [0.5, 0.6) is 11.5 Å². The van der Waals surface area contributed by atoms with Crippen LogP contribution in [-0.4, -0.2) is 6.54 Å². The zero-order chi connectivity index (χ0) is 15.5. The summed E-state index contributed by atoms with van der Waals surface area (Å²) in [6.45, 7) is 0.550. The predicted octanol–water partition coefficient (Wildman–Crippen LogP) is 4.65. The molecule has 21 heavy (non-hydrogen) atoms. The van der Waals surface area contributed by atoms with Crippen LogP contribution < -0.4 is 10.5 Å². The molecule has 0 unspecified atom stereocenters. The first kappa shape index (κ1) is 15.7. The molecule has 0 aliphatic carbocycles. The van der Waals surface area contributed by atoms with Crippen molar-refractivity contribution in [3.8, 4) is 11.5 Å². The van der Waals surface area contributed by atoms with Gasteiger partial charge in [0.2, 0.25) is 0 Å². The SMILES string of the molecule is NCCc1ccc(Oc2ccc(C(F)(F)F)c(Cl)c2)cc1. The summed E-state index contributed by atoms with van der Waals surface area (Å²) in [6, 6.07) is 10.5. The second-order valence-corrected chi connectivity index (χ2v) is 4.83. The number of nitrogens with two attached hydrogens (primary N) is 1. The molecule has 2 aromatic carbocycles. The first-order valence-corrected chi connectivity index (χ1v) is 6.61. The molecule has 0 aliphatic rings. The molecule has 0 spiro atoms. The van der Waals surface area contributed by atoms with Crippen LogP contribution >= 0.6 is 11.6 Å². The van der Waals surface area contributed by atoms with E-state index in [-0.39, 0.29) is 10.8 Å². The molecular formula is C15H13ClF3NO. The van der Waals surface area contributed by atoms with Gasteiger partial charge in [0.25, 0.3) is 0 Å². The van der Waals surface area contributed by atoms with E-state index in [0.717, 1.165) is 24.1 Å². The standard InChI is InChI=1S/C15H13ClF3NO/c16-14-9-12(5-6-13(14)15(17,18)19)21-11-3-1-10(2-4-11)7-8-20/h1-6,9H,7-8,20H2. The third-order valence-electron chi connectivity index (χ3n) is 2.84. The maximum atomic E-state index is 12.6. The molecule has 0 aliphatic heterocycles. The van der Waals surface area contributed by atoms with E-state index >= 15 is 0 Å². The van der Waals surface area contributed by atoms with Crippen molar-refractivity contribution >= 4 is 11.6 Å². The van der Waals surface area contributed by atoms with E-state index in [1.54, 1.807) is 12.1 Å². The number of benzene rings is 2. The van der Waals surface area contributed by atoms with Crippen LogP contribution in [0.15, 0.2) is 42.5 Å². The molecule has 0 atom stereocenters. The van der Waals surface area contributed by atoms with Crippen LogP contribution in [0.2, 0.25) is 5.02 Å². The van der Waals surface area contributed by atoms with E-state index in [9.17, 15) is 13.2 Å². The van der Waals surface area contributed by atoms with Crippen molar-refractivity contribution in [3.63, 3.8) is 0 Å². The smallest absolute Gasteiger partial charge is 0.417 e. The lowest BCUT2D eigenvalue weighted by Gasteiger charge is -2.11. The normalized spacial score (nSPS) is 11.5. The van der Waals surface area contributed by atoms with Gasteiger partial charge in [-0.15, -0.1) is 0 Å². The Balaban J connectivity index is 2.15. The molecule has 0 saturated heterocycles. The quantitative estimate of drug-likeness (QED) is 0.891. The number of ether oxygens (including phenoxy) is 1. The Kier molecular flexibility index (Phi) is 4.75. The Hall–Kier alpha value is -1.72. The van der Waals surface area contributed by atoms with Crippen molar-refractivity contribution in [2.45, 2.75) is 12.6 Å². The lowest BCUT2D eigenvalue weighted by molar-refractivity contribution is -0.137. The van der Waals surface area contributed by atoms with E-state index < -0.39 is 11.7 Å². The van der Waals surface area contributed by atoms with Crippen molar-refractivity contribution in [1.82, 2.24) is 0 Å². The molecule has 0 bridgehead atoms. The third-order valence-corrected chi connectivity index (χ3v) is 3.15. The Morgan fingerprint density at radius 3 is 2.14 bits per heavy atom. The summed E-state index contributed by atoms with van der Waals surface area (Å²) in [7, 11) is 0. The van der Waals surface area contributed by atoms with Gasteiger partial charge in [0.15, 0.2) is 0 Å². The van der Waals surface area contributed by atoms with Gasteiger partial charge < -0.3 is 10.5 Å². The average molecular weight is 316 g/mol. The highest BCUT2D eigenvalue weighted by Crippen LogP contribution is 2.37. The fourth-order valence-corrected chi connectivity index (χ4v) is 2.09. The number of halogens is 4. The molecule has 2 nitrogen and oxygen atoms in total. The molecule has 0 aromatic heterocycles. The van der Waals surface area contributed by atoms with Crippen LogP contribution in [0, 0.1) is 0 Å². The molecule has 2 N–H and O–H groups in total. The highest BCUT2D eigenvalue weighted by Gasteiger charge is 2.33. The minimum atomic E-state index is -4.47. The topological polar surface area (TPSA) is 35.2 Å². The van der Waals surface area contributed by atoms with Gasteiger partial charge >= 0.3 is 6.18 Å². The Morgan fingerprint density at radius 2 is 1.62 bits per heavy atom. The second kappa shape index (κ2) is 6.37. The molecule has 6 heteroatoms. The summed E-state index contributed by atoms with van der Waals surface area (Å²) in [6.07, 6.45) is -3.72. The summed E-state index contributed by atoms with van der Waals surface area (Å²) >= 11 is 5.63. The highest BCUT2D eigenvalue weighted by molar-refractivity contribution is 6.31. The van der Waals surface area contributed by atoms with E-state index in [2.05, 4.69) is 0 Å². The summed E-state index contributed by atoms with van der Waals surface area (Å²) in [5.74, 6) is 0.770. The van der Waals surface area contributed by atoms with Gasteiger partial charge in [-0.05, 0) is 42.8 Å². The van der Waals surface area contributed by atoms with Crippen molar-refractivity contribution in [2.75, 3.05) is 6.54 Å². The van der Waals surface area contributed by atoms with Gasteiger partial charge in [-0.3, -0.25) is 0 Å². The third kappa shape index (κ3) is 4.12. The maximum absolute atomic E-state index is 12.6. The zero-order valence-corrected chi connectivity index (χ0v) is 11.7. The molecule has 0 radical (unpaired) electrons. The summed E-state index contributed by atoms with van der Waals surface area (Å²) in [5.41, 5.74) is 5.64. The van der Waals surface area contributed by atoms with Crippen molar-refractivity contribution in [2.24, 2.45) is 5.73 Å². The predicted molar refractivity (Wildman–Crippen MR) is 75.7 cm³/mol. The molecule has 2 rings (SSSR count). The monoisotopic (exact) mass is 315 g/mol. The largest absolute Gasteiger partial charge is 0.457 e. The van der Waals surface area contributed by atoms with E-state index in [1.807, 2.05) is 12.1 Å². The maximum Gasteiger partial charge on any atom is 0.417 e. The lowest BCUT2D eigenvalue weighted by Crippen LogP contribution is -2.05. The first-order chi connectivity index (χ1) is 9.90. The average Bonchev–Trinajstić information content (AvgIpc) is 2.40. The summed E-state index contributed by atoms with van der Waals surface area (Å²) in [4.78, 5) is 0. The van der Waals surface area contributed by atoms with Gasteiger partial charge in [0, 0.05) is 6.07 Å². The Bertz CT molecular complexity index is 611. The molecule has 2 aromatic rings. The number of alkyl halides is 3. The number of hydrogen-bond acceptors (Lipinski definition) is 2. The van der Waals surface area contributed by atoms with Crippen molar-refractivity contribution in [3.05, 3.63) is 58.6 Å². The zero-order valence-electron chi connectivity index (χ0n) is 11.0. The fourth-order valence-electron chi connectivity index (χ4n) is 1.82. The fraction of sp³-hybridized carbons (Fsp3) is 0.200. The number of hydrogen-bond donors (Lipinski definition) is 1. The summed E-state index contributed by atoms with van der Waals surface area (Å²) in [5, 5.41) is -0.389. The van der Waals surface area contributed by atoms with E-state index in [4.69, 9.17) is 22.1 Å². The van der Waals surface area contributed by atoms with Crippen LogP contribution in [0.4, 0.5) is 13.2 Å². The first-order valence-electron chi connectivity index (χ1n) is 6.24. The molecule has 0 amide bonds. The van der Waals surface area contributed by atoms with Crippen LogP contribution in [0.3, 0.4) is 0 Å². The second-order valence-electron chi connectivity index (χ2n) is 4.42. The van der Waals surface area contributed by atoms with Crippen molar-refractivity contribution < 1.29 is 17.9 Å². The summed E-state index contributed by atoms with van der Waals surface area (Å²) < 4.78 is 43.2. The molecule has 0 saturated carbocycles. The van der Waals surface area contributed by atoms with Gasteiger partial charge in [0.05, 0.1) is 10.6 Å². The van der Waals surface area contributed by atoms with Crippen LogP contribution in [-0.2, 0) is 12.6 Å². The number of rotatable bonds is 4. The van der Waals surface area contributed by atoms with Gasteiger partial charge in [0.1, 0.15) is 11.5 Å². The van der Waals surface area contributed by atoms with E-state index in [0.29, 0.717) is 12.3 Å². The molecule has 112 valence electrons. The van der Waals surface area contributed by atoms with Gasteiger partial charge in [-0.25, -0.2) is 0 Å². The van der Waals surface area contributed by atoms with Gasteiger partial charge in [-0.2, -0.15) is 13.2 Å². The van der Waals surface area contributed by atoms with E-state index in [1.165, 1.54) is 6.07 Å². The minimum Gasteiger partial charge on any atom is -0.457 e. The molecule has 0 heterocycles. The van der Waals surface area contributed by atoms with Crippen LogP contribution in [0.1, 0.15) is 11.1 Å². The van der Waals surface area contributed by atoms with Crippen LogP contribution in [0.25, 0.3) is 0 Å². The highest BCUT2D eigenvalue weighted by atomic mass is 35.5. The van der Waals surface area contributed by atoms with Gasteiger partial charge in [-0.1, -0.05) is 23.7 Å². The Morgan fingerprint density at radius 1 is 1.00 bits per heavy atom. The van der Waals surface area contributed by atoms with Crippen molar-refractivity contribution in [1.29, 1.82) is 0 Å². The Labute approximate surface area is 125 Å². The molecule has 0 fully saturated rings. The lowest BCUT2D eigenvalue weighted by atomic mass is 10.1.